The molecule has 3 amide bonds. The van der Waals surface area contributed by atoms with Crippen LogP contribution in [-0.2, 0) is 12.0 Å². The highest BCUT2D eigenvalue weighted by atomic mass is 16.5. The van der Waals surface area contributed by atoms with Crippen LogP contribution in [0.1, 0.15) is 56.4 Å². The van der Waals surface area contributed by atoms with E-state index in [0.29, 0.717) is 28.6 Å². The maximum Gasteiger partial charge on any atom is 0.324 e. The summed E-state index contributed by atoms with van der Waals surface area (Å²) < 4.78 is 5.27. The second kappa shape index (κ2) is 10.9. The molecule has 0 unspecified atom stereocenters. The number of urea groups is 1. The van der Waals surface area contributed by atoms with Crippen molar-refractivity contribution in [1.82, 2.24) is 15.0 Å². The summed E-state index contributed by atoms with van der Waals surface area (Å²) >= 11 is 0. The lowest BCUT2D eigenvalue weighted by Gasteiger charge is -2.18. The quantitative estimate of drug-likeness (QED) is 0.427. The summed E-state index contributed by atoms with van der Waals surface area (Å²) in [6.07, 6.45) is 1.65. The Labute approximate surface area is 199 Å². The number of amides is 3. The first-order chi connectivity index (χ1) is 16.2. The number of pyridine rings is 1. The molecule has 3 aromatic rings. The third-order valence-corrected chi connectivity index (χ3v) is 5.25. The third kappa shape index (κ3) is 6.89. The van der Waals surface area contributed by atoms with Gasteiger partial charge in [0.2, 0.25) is 0 Å². The Hall–Kier alpha value is -3.72. The minimum Gasteiger partial charge on any atom is -0.359 e. The Balaban J connectivity index is 1.56. The van der Waals surface area contributed by atoms with Crippen molar-refractivity contribution < 1.29 is 14.1 Å². The molecule has 0 aliphatic heterocycles. The van der Waals surface area contributed by atoms with Crippen LogP contribution in [0.2, 0.25) is 0 Å². The summed E-state index contributed by atoms with van der Waals surface area (Å²) in [5, 5.41) is 12.1. The normalized spacial score (nSPS) is 11.4. The van der Waals surface area contributed by atoms with E-state index in [2.05, 4.69) is 44.8 Å². The number of aromatic nitrogens is 2. The van der Waals surface area contributed by atoms with Crippen LogP contribution >= 0.6 is 0 Å². The minimum atomic E-state index is -0.445. The Bertz CT molecular complexity index is 1110. The van der Waals surface area contributed by atoms with Crippen LogP contribution in [0.25, 0.3) is 0 Å². The number of carbonyl (C=O) groups excluding carboxylic acids is 2. The van der Waals surface area contributed by atoms with Gasteiger partial charge in [0.05, 0.1) is 0 Å². The number of nitrogens with one attached hydrogen (secondary N) is 3. The molecule has 0 aliphatic rings. The van der Waals surface area contributed by atoms with Gasteiger partial charge in [-0.15, -0.1) is 0 Å². The van der Waals surface area contributed by atoms with Crippen molar-refractivity contribution in [1.29, 1.82) is 0 Å². The highest BCUT2D eigenvalue weighted by molar-refractivity contribution is 6.03. The van der Waals surface area contributed by atoms with E-state index < -0.39 is 6.03 Å². The number of rotatable bonds is 8. The molecule has 0 saturated heterocycles. The van der Waals surface area contributed by atoms with E-state index >= 15 is 0 Å². The van der Waals surface area contributed by atoms with Crippen LogP contribution in [0, 0.1) is 0 Å². The van der Waals surface area contributed by atoms with Gasteiger partial charge in [-0.3, -0.25) is 20.0 Å². The molecule has 0 spiro atoms. The van der Waals surface area contributed by atoms with Gasteiger partial charge >= 0.3 is 6.03 Å². The van der Waals surface area contributed by atoms with Gasteiger partial charge in [0, 0.05) is 35.6 Å². The summed E-state index contributed by atoms with van der Waals surface area (Å²) in [7, 11) is 0. The summed E-state index contributed by atoms with van der Waals surface area (Å²) in [5.41, 5.74) is 2.35. The molecular weight excluding hydrogens is 432 g/mol. The molecule has 2 aromatic heterocycles. The average molecular weight is 465 g/mol. The van der Waals surface area contributed by atoms with Gasteiger partial charge in [-0.2, -0.15) is 0 Å². The van der Waals surface area contributed by atoms with E-state index in [0.717, 1.165) is 25.2 Å². The van der Waals surface area contributed by atoms with E-state index in [1.165, 1.54) is 0 Å². The number of anilines is 3. The van der Waals surface area contributed by atoms with E-state index in [4.69, 9.17) is 4.52 Å². The zero-order valence-corrected chi connectivity index (χ0v) is 20.3. The Morgan fingerprint density at radius 3 is 2.18 bits per heavy atom. The van der Waals surface area contributed by atoms with Gasteiger partial charge in [0.15, 0.2) is 5.82 Å². The Kier molecular flexibility index (Phi) is 8.01. The second-order valence-electron chi connectivity index (χ2n) is 8.95. The molecule has 1 aromatic carbocycles. The van der Waals surface area contributed by atoms with Crippen LogP contribution in [0.15, 0.2) is 53.2 Å². The zero-order valence-electron chi connectivity index (χ0n) is 20.3. The van der Waals surface area contributed by atoms with Gasteiger partial charge < -0.3 is 15.2 Å². The second-order valence-corrected chi connectivity index (χ2v) is 8.95. The minimum absolute atomic E-state index is 0.203. The van der Waals surface area contributed by atoms with Crippen LogP contribution in [0.4, 0.5) is 22.0 Å². The topological polar surface area (TPSA) is 112 Å². The fourth-order valence-corrected chi connectivity index (χ4v) is 3.20. The molecule has 0 saturated carbocycles. The Morgan fingerprint density at radius 2 is 1.59 bits per heavy atom. The number of benzene rings is 1. The molecule has 0 aliphatic carbocycles. The van der Waals surface area contributed by atoms with Crippen LogP contribution < -0.4 is 16.0 Å². The molecule has 3 N–H and O–H groups in total. The standard InChI is InChI=1S/C25H32N6O3/c1-6-31(7-2)16-17-12-13-26-20(14-17)23(32)27-18-8-10-19(11-9-18)28-24(33)29-22-15-21(34-30-22)25(3,4)5/h8-15H,6-7,16H2,1-5H3,(H,27,32)(H2,28,29,30,33). The van der Waals surface area contributed by atoms with E-state index in [1.807, 2.05) is 32.9 Å². The molecule has 0 atom stereocenters. The summed E-state index contributed by atoms with van der Waals surface area (Å²) in [4.78, 5) is 31.4. The smallest absolute Gasteiger partial charge is 0.324 e. The van der Waals surface area contributed by atoms with Gasteiger partial charge in [0.1, 0.15) is 11.5 Å². The summed E-state index contributed by atoms with van der Waals surface area (Å²) in [6, 6.07) is 11.8. The predicted octanol–water partition coefficient (Wildman–Crippen LogP) is 5.11. The monoisotopic (exact) mass is 464 g/mol. The van der Waals surface area contributed by atoms with Crippen molar-refractivity contribution in [3.63, 3.8) is 0 Å². The number of hydrogen-bond acceptors (Lipinski definition) is 6. The average Bonchev–Trinajstić information content (AvgIpc) is 3.28. The van der Waals surface area contributed by atoms with Crippen LogP contribution in [0.3, 0.4) is 0 Å². The fourth-order valence-electron chi connectivity index (χ4n) is 3.20. The number of nitrogens with zero attached hydrogens (tertiary/aromatic N) is 3. The molecule has 180 valence electrons. The molecule has 0 fully saturated rings. The van der Waals surface area contributed by atoms with Crippen molar-refractivity contribution in [2.75, 3.05) is 29.0 Å². The predicted molar refractivity (Wildman–Crippen MR) is 133 cm³/mol. The van der Waals surface area contributed by atoms with Gasteiger partial charge in [-0.25, -0.2) is 4.79 Å². The molecule has 3 rings (SSSR count). The molecule has 34 heavy (non-hydrogen) atoms. The first kappa shape index (κ1) is 24.9. The maximum atomic E-state index is 12.6. The van der Waals surface area contributed by atoms with Crippen molar-refractivity contribution in [3.8, 4) is 0 Å². The first-order valence-corrected chi connectivity index (χ1v) is 11.3. The molecule has 0 radical (unpaired) electrons. The van der Waals surface area contributed by atoms with Crippen molar-refractivity contribution in [2.24, 2.45) is 0 Å². The molecule has 9 nitrogen and oxygen atoms in total. The van der Waals surface area contributed by atoms with Crippen molar-refractivity contribution >= 4 is 29.1 Å². The summed E-state index contributed by atoms with van der Waals surface area (Å²) in [5.74, 6) is 0.721. The first-order valence-electron chi connectivity index (χ1n) is 11.3. The largest absolute Gasteiger partial charge is 0.359 e. The van der Waals surface area contributed by atoms with E-state index in [9.17, 15) is 9.59 Å². The van der Waals surface area contributed by atoms with Crippen molar-refractivity contribution in [2.45, 2.75) is 46.6 Å². The SMILES string of the molecule is CCN(CC)Cc1ccnc(C(=O)Nc2ccc(NC(=O)Nc3cc(C(C)(C)C)on3)cc2)c1. The lowest BCUT2D eigenvalue weighted by Crippen LogP contribution is -2.22. The van der Waals surface area contributed by atoms with Gasteiger partial charge in [0.25, 0.3) is 5.91 Å². The lowest BCUT2D eigenvalue weighted by molar-refractivity contribution is 0.102. The molecule has 0 bridgehead atoms. The van der Waals surface area contributed by atoms with Crippen LogP contribution in [0.5, 0.6) is 0 Å². The Morgan fingerprint density at radius 1 is 0.941 bits per heavy atom. The highest BCUT2D eigenvalue weighted by Crippen LogP contribution is 2.24. The van der Waals surface area contributed by atoms with Gasteiger partial charge in [-0.1, -0.05) is 39.8 Å². The van der Waals surface area contributed by atoms with E-state index in [-0.39, 0.29) is 11.3 Å². The molecule has 9 heteroatoms. The number of carbonyl (C=O) groups is 2. The van der Waals surface area contributed by atoms with Gasteiger partial charge in [-0.05, 0) is 55.1 Å². The maximum absolute atomic E-state index is 12.6. The third-order valence-electron chi connectivity index (χ3n) is 5.25. The molecular formula is C25H32N6O3. The summed E-state index contributed by atoms with van der Waals surface area (Å²) in [6.45, 7) is 12.9. The number of hydrogen-bond donors (Lipinski definition) is 3. The van der Waals surface area contributed by atoms with Crippen molar-refractivity contribution in [3.05, 3.63) is 65.7 Å². The van der Waals surface area contributed by atoms with E-state index in [1.54, 1.807) is 36.5 Å². The fraction of sp³-hybridized carbons (Fsp3) is 0.360. The molecule has 2 heterocycles. The zero-order chi connectivity index (χ0) is 24.7. The lowest BCUT2D eigenvalue weighted by atomic mass is 9.93. The highest BCUT2D eigenvalue weighted by Gasteiger charge is 2.20. The van der Waals surface area contributed by atoms with Crippen LogP contribution in [-0.4, -0.2) is 40.1 Å².